The molecule has 1 N–H and O–H groups in total. The topological polar surface area (TPSA) is 108 Å². The summed E-state index contributed by atoms with van der Waals surface area (Å²) in [5, 5.41) is 18.0. The van der Waals surface area contributed by atoms with Crippen LogP contribution in [0.15, 0.2) is 64.1 Å². The molecule has 1 aromatic heterocycles. The maximum atomic E-state index is 12.6. The highest BCUT2D eigenvalue weighted by Gasteiger charge is 2.27. The molecule has 0 aliphatic rings. The fourth-order valence-electron chi connectivity index (χ4n) is 2.41. The van der Waals surface area contributed by atoms with Crippen LogP contribution in [0.25, 0.3) is 5.69 Å². The molecule has 0 fully saturated rings. The highest BCUT2D eigenvalue weighted by atomic mass is 32.2. The van der Waals surface area contributed by atoms with Crippen LogP contribution in [0.4, 0.5) is 5.69 Å². The van der Waals surface area contributed by atoms with E-state index in [9.17, 15) is 14.7 Å². The van der Waals surface area contributed by atoms with E-state index < -0.39 is 17.2 Å². The van der Waals surface area contributed by atoms with Crippen molar-refractivity contribution in [1.29, 1.82) is 0 Å². The molecule has 0 aliphatic heterocycles. The number of nitrogens with zero attached hydrogens (tertiary/aromatic N) is 2. The van der Waals surface area contributed by atoms with Crippen LogP contribution in [0, 0.1) is 0 Å². The van der Waals surface area contributed by atoms with Crippen LogP contribution in [0.3, 0.4) is 0 Å². The Balaban J connectivity index is 1.78. The Morgan fingerprint density at radius 3 is 2.57 bits per heavy atom. The van der Waals surface area contributed by atoms with Gasteiger partial charge in [0.05, 0.1) is 28.9 Å². The lowest BCUT2D eigenvalue weighted by atomic mass is 10.2. The number of para-hydroxylation sites is 2. The third-order valence-electron chi connectivity index (χ3n) is 3.82. The number of anilines is 1. The van der Waals surface area contributed by atoms with Crippen LogP contribution < -0.4 is 15.1 Å². The molecule has 2 aromatic carbocycles. The summed E-state index contributed by atoms with van der Waals surface area (Å²) in [5.41, 5.74) is 1.21. The first kappa shape index (κ1) is 19.4. The second-order valence-electron chi connectivity index (χ2n) is 5.70. The fraction of sp³-hybridized carbons (Fsp3) is 0.158. The predicted molar refractivity (Wildman–Crippen MR) is 99.2 cm³/mol. The molecule has 0 spiro atoms. The van der Waals surface area contributed by atoms with Gasteiger partial charge in [0.15, 0.2) is 5.95 Å². The summed E-state index contributed by atoms with van der Waals surface area (Å²) in [6.45, 7) is 1.64. The standard InChI is InChI=1S/C19H17N3O5S/c1-12(16(23)20-15-11-7-6-10-14(15)18(24)26-2)28-17-19(25)27-21-22(17)13-8-4-3-5-9-13/h3-12H,1-2H3,(H-,20,21,23,24,25). The Labute approximate surface area is 165 Å². The van der Waals surface area contributed by atoms with Gasteiger partial charge in [-0.1, -0.05) is 30.3 Å². The summed E-state index contributed by atoms with van der Waals surface area (Å²) in [7, 11) is 1.27. The van der Waals surface area contributed by atoms with E-state index in [4.69, 9.17) is 9.26 Å². The van der Waals surface area contributed by atoms with Gasteiger partial charge in [0.2, 0.25) is 11.6 Å². The number of carbonyl (C=O) groups is 2. The summed E-state index contributed by atoms with van der Waals surface area (Å²) in [5.74, 6) is -1.58. The van der Waals surface area contributed by atoms with Crippen molar-refractivity contribution >= 4 is 29.3 Å². The van der Waals surface area contributed by atoms with E-state index in [1.54, 1.807) is 55.5 Å². The van der Waals surface area contributed by atoms with Gasteiger partial charge in [0.1, 0.15) is 0 Å². The molecule has 0 saturated heterocycles. The van der Waals surface area contributed by atoms with Crippen LogP contribution in [-0.2, 0) is 9.53 Å². The Bertz CT molecular complexity index is 990. The summed E-state index contributed by atoms with van der Waals surface area (Å²) in [6, 6.07) is 15.5. The molecule has 1 atom stereocenters. The van der Waals surface area contributed by atoms with Crippen LogP contribution in [0.5, 0.6) is 5.95 Å². The summed E-state index contributed by atoms with van der Waals surface area (Å²) in [4.78, 5) is 24.5. The number of ether oxygens (including phenoxy) is 1. The highest BCUT2D eigenvalue weighted by Crippen LogP contribution is 2.28. The number of carbonyl (C=O) groups excluding carboxylic acids is 2. The van der Waals surface area contributed by atoms with Crippen molar-refractivity contribution in [2.75, 3.05) is 12.4 Å². The average molecular weight is 399 g/mol. The molecular formula is C19H17N3O5S. The number of aromatic nitrogens is 2. The average Bonchev–Trinajstić information content (AvgIpc) is 3.08. The van der Waals surface area contributed by atoms with Gasteiger partial charge in [-0.05, 0) is 35.5 Å². The second kappa shape index (κ2) is 8.57. The normalized spacial score (nSPS) is 11.6. The number of benzene rings is 2. The van der Waals surface area contributed by atoms with Crippen molar-refractivity contribution in [3.05, 3.63) is 60.2 Å². The van der Waals surface area contributed by atoms with Crippen molar-refractivity contribution in [1.82, 2.24) is 5.27 Å². The Kier molecular flexibility index (Phi) is 5.95. The minimum atomic E-state index is -0.659. The summed E-state index contributed by atoms with van der Waals surface area (Å²) < 4.78 is 10.8. The van der Waals surface area contributed by atoms with E-state index in [-0.39, 0.29) is 16.5 Å². The van der Waals surface area contributed by atoms with Gasteiger partial charge in [-0.3, -0.25) is 4.79 Å². The molecule has 0 saturated carbocycles. The van der Waals surface area contributed by atoms with Crippen molar-refractivity contribution in [2.45, 2.75) is 17.2 Å². The number of methoxy groups -OCH3 is 1. The molecular weight excluding hydrogens is 382 g/mol. The molecule has 0 radical (unpaired) electrons. The first-order valence-electron chi connectivity index (χ1n) is 8.30. The van der Waals surface area contributed by atoms with E-state index in [2.05, 4.69) is 10.6 Å². The van der Waals surface area contributed by atoms with Crippen molar-refractivity contribution in [2.24, 2.45) is 0 Å². The first-order valence-corrected chi connectivity index (χ1v) is 9.18. The summed E-state index contributed by atoms with van der Waals surface area (Å²) in [6.07, 6.45) is 0. The Morgan fingerprint density at radius 1 is 1.18 bits per heavy atom. The number of esters is 1. The van der Waals surface area contributed by atoms with E-state index in [0.717, 1.165) is 11.8 Å². The number of thioether (sulfide) groups is 1. The molecule has 8 nitrogen and oxygen atoms in total. The zero-order valence-corrected chi connectivity index (χ0v) is 15.9. The quantitative estimate of drug-likeness (QED) is 0.383. The lowest BCUT2D eigenvalue weighted by Crippen LogP contribution is -2.36. The molecule has 1 amide bonds. The van der Waals surface area contributed by atoms with E-state index in [0.29, 0.717) is 11.4 Å². The SMILES string of the molecule is COC(=O)c1ccccc1NC(=O)C(C)Sc1c([O-])on[n+]1-c1ccccc1. The number of nitrogens with one attached hydrogen (secondary N) is 1. The molecule has 1 unspecified atom stereocenters. The molecule has 3 rings (SSSR count). The van der Waals surface area contributed by atoms with E-state index in [1.807, 2.05) is 6.07 Å². The fourth-order valence-corrected chi connectivity index (χ4v) is 3.28. The van der Waals surface area contributed by atoms with Crippen LogP contribution >= 0.6 is 11.8 Å². The molecule has 144 valence electrons. The van der Waals surface area contributed by atoms with Gasteiger partial charge in [-0.15, -0.1) is 0 Å². The van der Waals surface area contributed by atoms with Crippen LogP contribution in [0.1, 0.15) is 17.3 Å². The lowest BCUT2D eigenvalue weighted by molar-refractivity contribution is -0.705. The number of hydrogen-bond acceptors (Lipinski definition) is 7. The van der Waals surface area contributed by atoms with Gasteiger partial charge in [0.25, 0.3) is 5.03 Å². The summed E-state index contributed by atoms with van der Waals surface area (Å²) >= 11 is 1.01. The largest absolute Gasteiger partial charge is 0.538 e. The monoisotopic (exact) mass is 399 g/mol. The van der Waals surface area contributed by atoms with Crippen molar-refractivity contribution < 1.29 is 28.6 Å². The third kappa shape index (κ3) is 4.15. The van der Waals surface area contributed by atoms with Gasteiger partial charge in [0, 0.05) is 12.1 Å². The maximum Gasteiger partial charge on any atom is 0.339 e. The minimum absolute atomic E-state index is 0.176. The second-order valence-corrected chi connectivity index (χ2v) is 7.03. The number of amides is 1. The lowest BCUT2D eigenvalue weighted by Gasteiger charge is -2.12. The molecule has 9 heteroatoms. The maximum absolute atomic E-state index is 12.6. The van der Waals surface area contributed by atoms with E-state index in [1.165, 1.54) is 11.8 Å². The molecule has 1 heterocycles. The zero-order chi connectivity index (χ0) is 20.1. The molecule has 0 bridgehead atoms. The minimum Gasteiger partial charge on any atom is -0.538 e. The number of hydrogen-bond donors (Lipinski definition) is 1. The third-order valence-corrected chi connectivity index (χ3v) is 4.95. The number of rotatable bonds is 6. The molecule has 28 heavy (non-hydrogen) atoms. The van der Waals surface area contributed by atoms with Crippen molar-refractivity contribution in [3.8, 4) is 11.6 Å². The molecule has 3 aromatic rings. The zero-order valence-electron chi connectivity index (χ0n) is 15.1. The van der Waals surface area contributed by atoms with Crippen molar-refractivity contribution in [3.63, 3.8) is 0 Å². The Hall–Kier alpha value is -3.33. The molecule has 0 aliphatic carbocycles. The first-order chi connectivity index (χ1) is 13.5. The Morgan fingerprint density at radius 2 is 1.86 bits per heavy atom. The van der Waals surface area contributed by atoms with Crippen LogP contribution in [-0.4, -0.2) is 29.5 Å². The van der Waals surface area contributed by atoms with Gasteiger partial charge in [-0.2, -0.15) is 0 Å². The van der Waals surface area contributed by atoms with Gasteiger partial charge >= 0.3 is 5.97 Å². The smallest absolute Gasteiger partial charge is 0.339 e. The highest BCUT2D eigenvalue weighted by molar-refractivity contribution is 8.00. The van der Waals surface area contributed by atoms with Gasteiger partial charge < -0.3 is 19.7 Å². The van der Waals surface area contributed by atoms with Crippen LogP contribution in [0.2, 0.25) is 0 Å². The van der Waals surface area contributed by atoms with E-state index >= 15 is 0 Å². The van der Waals surface area contributed by atoms with Gasteiger partial charge in [-0.25, -0.2) is 4.79 Å². The predicted octanol–water partition coefficient (Wildman–Crippen LogP) is 1.93.